The lowest BCUT2D eigenvalue weighted by Gasteiger charge is -2.32. The minimum atomic E-state index is -1.13. The molecule has 0 saturated heterocycles. The van der Waals surface area contributed by atoms with E-state index in [-0.39, 0.29) is 0 Å². The summed E-state index contributed by atoms with van der Waals surface area (Å²) in [6.07, 6.45) is 2.07. The summed E-state index contributed by atoms with van der Waals surface area (Å²) in [6, 6.07) is 7.93. The van der Waals surface area contributed by atoms with Gasteiger partial charge in [0.15, 0.2) is 0 Å². The zero-order valence-corrected chi connectivity index (χ0v) is 24.2. The van der Waals surface area contributed by atoms with Crippen molar-refractivity contribution < 1.29 is 29.3 Å². The molecule has 0 aliphatic heterocycles. The number of aliphatic carboxylic acids is 2. The van der Waals surface area contributed by atoms with E-state index in [2.05, 4.69) is 5.32 Å². The van der Waals surface area contributed by atoms with Gasteiger partial charge in [0.1, 0.15) is 11.8 Å². The number of carbonyl (C=O) groups excluding carboxylic acids is 1. The third-order valence-corrected chi connectivity index (χ3v) is 6.89. The topological polar surface area (TPSA) is 113 Å². The summed E-state index contributed by atoms with van der Waals surface area (Å²) >= 11 is 0. The Kier molecular flexibility index (Phi) is 9.76. The van der Waals surface area contributed by atoms with E-state index in [4.69, 9.17) is 4.74 Å². The number of para-hydroxylation sites is 1. The fourth-order valence-electron chi connectivity index (χ4n) is 5.16. The molecule has 0 heterocycles. The molecule has 2 rings (SSSR count). The number of carboxylic acids is 2. The second-order valence-electron chi connectivity index (χ2n) is 12.0. The van der Waals surface area contributed by atoms with Crippen LogP contribution in [-0.4, -0.2) is 41.2 Å². The molecule has 1 amide bonds. The van der Waals surface area contributed by atoms with Gasteiger partial charge in [-0.1, -0.05) is 79.5 Å². The third kappa shape index (κ3) is 6.74. The Bertz CT molecular complexity index is 1190. The van der Waals surface area contributed by atoms with Crippen molar-refractivity contribution in [1.29, 1.82) is 0 Å². The number of amides is 1. The zero-order valence-electron chi connectivity index (χ0n) is 24.2. The van der Waals surface area contributed by atoms with Crippen molar-refractivity contribution in [3.05, 3.63) is 52.6 Å². The van der Waals surface area contributed by atoms with Crippen LogP contribution in [-0.2, 0) is 15.0 Å². The lowest BCUT2D eigenvalue weighted by Crippen LogP contribution is -2.49. The summed E-state index contributed by atoms with van der Waals surface area (Å²) < 4.78 is 5.62. The molecule has 208 valence electrons. The Balaban J connectivity index is 3.02. The van der Waals surface area contributed by atoms with Crippen LogP contribution in [0.1, 0.15) is 101 Å². The lowest BCUT2D eigenvalue weighted by molar-refractivity contribution is -0.142. The van der Waals surface area contributed by atoms with Crippen LogP contribution in [0.15, 0.2) is 30.3 Å². The molecule has 2 aromatic carbocycles. The maximum absolute atomic E-state index is 14.0. The van der Waals surface area contributed by atoms with Crippen LogP contribution in [0, 0.1) is 12.3 Å². The van der Waals surface area contributed by atoms with E-state index in [0.717, 1.165) is 18.4 Å². The highest BCUT2D eigenvalue weighted by atomic mass is 16.5. The van der Waals surface area contributed by atoms with Crippen molar-refractivity contribution in [3.63, 3.8) is 0 Å². The molecule has 0 fully saturated rings. The van der Waals surface area contributed by atoms with Gasteiger partial charge in [0, 0.05) is 5.56 Å². The Hall–Kier alpha value is -3.35. The van der Waals surface area contributed by atoms with E-state index in [1.165, 1.54) is 7.11 Å². The van der Waals surface area contributed by atoms with E-state index in [0.29, 0.717) is 40.0 Å². The van der Waals surface area contributed by atoms with E-state index in [9.17, 15) is 24.6 Å². The molecule has 3 N–H and O–H groups in total. The van der Waals surface area contributed by atoms with Gasteiger partial charge in [0.25, 0.3) is 5.91 Å². The Labute approximate surface area is 226 Å². The molecular weight excluding hydrogens is 482 g/mol. The predicted molar refractivity (Wildman–Crippen MR) is 150 cm³/mol. The number of carboxylic acid groups (broad SMARTS) is 2. The van der Waals surface area contributed by atoms with Crippen molar-refractivity contribution in [1.82, 2.24) is 5.32 Å². The first-order chi connectivity index (χ1) is 17.6. The minimum Gasteiger partial charge on any atom is -0.496 e. The maximum Gasteiger partial charge on any atom is 0.326 e. The quantitative estimate of drug-likeness (QED) is 0.324. The maximum atomic E-state index is 14.0. The molecule has 0 aliphatic carbocycles. The van der Waals surface area contributed by atoms with Crippen LogP contribution < -0.4 is 10.1 Å². The van der Waals surface area contributed by atoms with E-state index in [1.54, 1.807) is 26.8 Å². The largest absolute Gasteiger partial charge is 0.496 e. The lowest BCUT2D eigenvalue weighted by atomic mass is 9.73. The molecule has 7 heteroatoms. The van der Waals surface area contributed by atoms with Gasteiger partial charge in [-0.15, -0.1) is 0 Å². The first kappa shape index (κ1) is 30.9. The summed E-state index contributed by atoms with van der Waals surface area (Å²) in [4.78, 5) is 38.6. The van der Waals surface area contributed by atoms with Gasteiger partial charge in [0.05, 0.1) is 18.6 Å². The molecule has 0 spiro atoms. The first-order valence-electron chi connectivity index (χ1n) is 13.1. The summed E-state index contributed by atoms with van der Waals surface area (Å²) in [7, 11) is 1.54. The molecule has 2 atom stereocenters. The predicted octanol–water partition coefficient (Wildman–Crippen LogP) is 6.56. The standard InChI is InChI=1S/C31H43NO6/c1-10-11-14-20(28(34)35)22-17-21(19-15-12-13-16-23(19)38-9)24(18(2)25(22)30(3,4)5)27(33)32-26(29(36)37)31(6,7)8/h12-13,15-17,20,26H,10-11,14H2,1-9H3,(H,32,33)(H,34,35)(H,36,37)/t20?,26-/m1/s1. The molecule has 7 nitrogen and oxygen atoms in total. The number of rotatable bonds is 10. The number of hydrogen-bond donors (Lipinski definition) is 3. The van der Waals surface area contributed by atoms with Crippen molar-refractivity contribution in [2.24, 2.45) is 5.41 Å². The van der Waals surface area contributed by atoms with E-state index >= 15 is 0 Å². The smallest absolute Gasteiger partial charge is 0.326 e. The molecule has 1 unspecified atom stereocenters. The Morgan fingerprint density at radius 1 is 0.974 bits per heavy atom. The van der Waals surface area contributed by atoms with Gasteiger partial charge in [-0.25, -0.2) is 4.79 Å². The SMILES string of the molecule is CCCCC(C(=O)O)c1cc(-c2ccccc2OC)c(C(=O)N[C@H](C(=O)O)C(C)(C)C)c(C)c1C(C)(C)C. The highest BCUT2D eigenvalue weighted by Crippen LogP contribution is 2.43. The molecule has 0 aliphatic rings. The van der Waals surface area contributed by atoms with Crippen LogP contribution in [0.3, 0.4) is 0 Å². The summed E-state index contributed by atoms with van der Waals surface area (Å²) in [6.45, 7) is 15.1. The van der Waals surface area contributed by atoms with Crippen LogP contribution in [0.2, 0.25) is 0 Å². The molecule has 0 aromatic heterocycles. The van der Waals surface area contributed by atoms with Crippen LogP contribution in [0.25, 0.3) is 11.1 Å². The number of hydrogen-bond acceptors (Lipinski definition) is 4. The fourth-order valence-corrected chi connectivity index (χ4v) is 5.16. The number of nitrogens with one attached hydrogen (secondary N) is 1. The number of unbranched alkanes of at least 4 members (excludes halogenated alkanes) is 1. The van der Waals surface area contributed by atoms with E-state index in [1.807, 2.05) is 58.9 Å². The van der Waals surface area contributed by atoms with Crippen LogP contribution in [0.5, 0.6) is 5.75 Å². The van der Waals surface area contributed by atoms with Crippen LogP contribution >= 0.6 is 0 Å². The second kappa shape index (κ2) is 12.0. The summed E-state index contributed by atoms with van der Waals surface area (Å²) in [5, 5.41) is 22.9. The normalized spacial score (nSPS) is 13.5. The minimum absolute atomic E-state index is 0.318. The van der Waals surface area contributed by atoms with E-state index < -0.39 is 40.6 Å². The molecule has 0 radical (unpaired) electrons. The molecule has 38 heavy (non-hydrogen) atoms. The number of carbonyl (C=O) groups is 3. The van der Waals surface area contributed by atoms with Crippen LogP contribution in [0.4, 0.5) is 0 Å². The van der Waals surface area contributed by atoms with Gasteiger partial charge in [-0.2, -0.15) is 0 Å². The van der Waals surface area contributed by atoms with Crippen molar-refractivity contribution in [3.8, 4) is 16.9 Å². The first-order valence-corrected chi connectivity index (χ1v) is 13.1. The van der Waals surface area contributed by atoms with Crippen molar-refractivity contribution >= 4 is 17.8 Å². The Morgan fingerprint density at radius 2 is 1.58 bits per heavy atom. The molecule has 0 saturated carbocycles. The second-order valence-corrected chi connectivity index (χ2v) is 12.0. The average molecular weight is 526 g/mol. The van der Waals surface area contributed by atoms with Gasteiger partial charge in [-0.3, -0.25) is 9.59 Å². The van der Waals surface area contributed by atoms with Crippen molar-refractivity contribution in [2.45, 2.75) is 92.0 Å². The van der Waals surface area contributed by atoms with Gasteiger partial charge in [-0.05, 0) is 58.6 Å². The number of benzene rings is 2. The van der Waals surface area contributed by atoms with Gasteiger partial charge >= 0.3 is 11.9 Å². The monoisotopic (exact) mass is 525 g/mol. The Morgan fingerprint density at radius 3 is 2.05 bits per heavy atom. The number of ether oxygens (including phenoxy) is 1. The highest BCUT2D eigenvalue weighted by molar-refractivity contribution is 6.05. The summed E-state index contributed by atoms with van der Waals surface area (Å²) in [5.74, 6) is -2.79. The van der Waals surface area contributed by atoms with Gasteiger partial charge < -0.3 is 20.3 Å². The highest BCUT2D eigenvalue weighted by Gasteiger charge is 2.36. The molecule has 2 aromatic rings. The summed E-state index contributed by atoms with van der Waals surface area (Å²) in [5.41, 5.74) is 2.33. The molecular formula is C31H43NO6. The van der Waals surface area contributed by atoms with Gasteiger partial charge in [0.2, 0.25) is 0 Å². The zero-order chi connectivity index (χ0) is 29.0. The number of methoxy groups -OCH3 is 1. The van der Waals surface area contributed by atoms with Crippen molar-refractivity contribution in [2.75, 3.05) is 7.11 Å². The average Bonchev–Trinajstić information content (AvgIpc) is 2.80. The third-order valence-electron chi connectivity index (χ3n) is 6.89. The molecule has 0 bridgehead atoms. The fraction of sp³-hybridized carbons (Fsp3) is 0.516.